The maximum atomic E-state index is 2.12. The number of rotatable bonds is 0. The summed E-state index contributed by atoms with van der Waals surface area (Å²) >= 11 is 0. The second kappa shape index (κ2) is 2.64. The first-order chi connectivity index (χ1) is 3.97. The largest absolute Gasteiger partial charge is 0.0616 e. The fourth-order valence-electron chi connectivity index (χ4n) is 0.898. The Morgan fingerprint density at radius 1 is 0.778 bits per heavy atom. The second-order valence-corrected chi connectivity index (χ2v) is 1.96. The monoisotopic (exact) mass is 310 g/mol. The third-order valence-electron chi connectivity index (χ3n) is 1.44. The molecule has 0 heterocycles. The minimum atomic E-state index is 0. The Morgan fingerprint density at radius 3 is 1.44 bits per heavy atom. The molecule has 2 rings (SSSR count). The molecule has 0 aromatic heterocycles. The average Bonchev–Trinajstić information content (AvgIpc) is 1.72. The summed E-state index contributed by atoms with van der Waals surface area (Å²) in [5.74, 6) is 0. The van der Waals surface area contributed by atoms with E-state index in [0.29, 0.717) is 0 Å². The maximum Gasteiger partial charge on any atom is 0 e. The van der Waals surface area contributed by atoms with Gasteiger partial charge >= 0.3 is 0 Å². The van der Waals surface area contributed by atoms with Crippen LogP contribution in [0.5, 0.6) is 0 Å². The fraction of sp³-hybridized carbons (Fsp3) is 0. The van der Waals surface area contributed by atoms with Crippen LogP contribution in [0.4, 0.5) is 0 Å². The van der Waals surface area contributed by atoms with Gasteiger partial charge in [0.15, 0.2) is 0 Å². The van der Waals surface area contributed by atoms with Crippen LogP contribution in [0.25, 0.3) is 12.2 Å². The standard InChI is InChI=1S/C8H6.Pb/c1-2-4-8-6-5-7(8)3-1;/h1-6H;. The van der Waals surface area contributed by atoms with Crippen molar-refractivity contribution < 1.29 is 0 Å². The van der Waals surface area contributed by atoms with Gasteiger partial charge in [0.1, 0.15) is 0 Å². The maximum absolute atomic E-state index is 2.12. The van der Waals surface area contributed by atoms with Crippen LogP contribution in [0.3, 0.4) is 0 Å². The topological polar surface area (TPSA) is 0 Å². The van der Waals surface area contributed by atoms with Gasteiger partial charge in [-0.15, -0.1) is 0 Å². The van der Waals surface area contributed by atoms with Crippen molar-refractivity contribution in [3.8, 4) is 0 Å². The Balaban J connectivity index is 0.000000405. The second-order valence-electron chi connectivity index (χ2n) is 1.96. The predicted octanol–water partition coefficient (Wildman–Crippen LogP) is 1.79. The Kier molecular flexibility index (Phi) is 2.06. The summed E-state index contributed by atoms with van der Waals surface area (Å²) in [5.41, 5.74) is 2.74. The Bertz CT molecular complexity index is 213. The molecule has 1 aliphatic carbocycles. The Hall–Kier alpha value is -0.118. The third-order valence-corrected chi connectivity index (χ3v) is 1.44. The van der Waals surface area contributed by atoms with Gasteiger partial charge < -0.3 is 0 Å². The van der Waals surface area contributed by atoms with Crippen LogP contribution in [0, 0.1) is 0 Å². The molecular formula is C8H6Pb. The van der Waals surface area contributed by atoms with Gasteiger partial charge in [0.05, 0.1) is 0 Å². The smallest absolute Gasteiger partial charge is 0 e. The van der Waals surface area contributed by atoms with Crippen molar-refractivity contribution in [3.05, 3.63) is 35.4 Å². The van der Waals surface area contributed by atoms with E-state index >= 15 is 0 Å². The van der Waals surface area contributed by atoms with E-state index < -0.39 is 0 Å². The van der Waals surface area contributed by atoms with Crippen molar-refractivity contribution in [1.29, 1.82) is 0 Å². The molecular weight excluding hydrogens is 303 g/mol. The molecule has 9 heavy (non-hydrogen) atoms. The zero-order chi connectivity index (χ0) is 5.40. The minimum Gasteiger partial charge on any atom is -0.0616 e. The molecule has 0 N–H and O–H groups in total. The van der Waals surface area contributed by atoms with Gasteiger partial charge in [-0.3, -0.25) is 0 Å². The van der Waals surface area contributed by atoms with E-state index in [1.54, 1.807) is 0 Å². The molecule has 0 spiro atoms. The first kappa shape index (κ1) is 6.99. The molecule has 0 atom stereocenters. The van der Waals surface area contributed by atoms with E-state index in [-0.39, 0.29) is 27.3 Å². The van der Waals surface area contributed by atoms with E-state index in [1.807, 2.05) is 0 Å². The molecule has 0 amide bonds. The van der Waals surface area contributed by atoms with Crippen LogP contribution in [-0.4, -0.2) is 27.3 Å². The van der Waals surface area contributed by atoms with E-state index in [9.17, 15) is 0 Å². The van der Waals surface area contributed by atoms with Gasteiger partial charge in [0, 0.05) is 27.3 Å². The molecule has 0 saturated carbocycles. The number of fused-ring (bicyclic) bond motifs is 1. The number of hydrogen-bond donors (Lipinski definition) is 0. The van der Waals surface area contributed by atoms with Gasteiger partial charge in [-0.2, -0.15) is 0 Å². The summed E-state index contributed by atoms with van der Waals surface area (Å²) in [7, 11) is 0. The zero-order valence-corrected chi connectivity index (χ0v) is 8.85. The molecule has 0 fully saturated rings. The third kappa shape index (κ3) is 1.08. The summed E-state index contributed by atoms with van der Waals surface area (Å²) < 4.78 is 0. The number of benzene rings is 1. The van der Waals surface area contributed by atoms with Crippen molar-refractivity contribution in [1.82, 2.24) is 0 Å². The molecule has 0 aliphatic heterocycles. The molecule has 0 bridgehead atoms. The van der Waals surface area contributed by atoms with Crippen LogP contribution < -0.4 is 0 Å². The van der Waals surface area contributed by atoms with Gasteiger partial charge in [0.2, 0.25) is 0 Å². The summed E-state index contributed by atoms with van der Waals surface area (Å²) in [4.78, 5) is 0. The van der Waals surface area contributed by atoms with Crippen LogP contribution >= 0.6 is 0 Å². The summed E-state index contributed by atoms with van der Waals surface area (Å²) in [6, 6.07) is 8.36. The van der Waals surface area contributed by atoms with Crippen molar-refractivity contribution >= 4 is 39.5 Å². The van der Waals surface area contributed by atoms with E-state index in [2.05, 4.69) is 36.4 Å². The normalized spacial score (nSPS) is 11.1. The first-order valence-corrected chi connectivity index (χ1v) is 2.74. The SMILES string of the molecule is C1=Cc2ccccc21.[Pb]. The molecule has 1 aromatic rings. The van der Waals surface area contributed by atoms with Crippen molar-refractivity contribution in [3.63, 3.8) is 0 Å². The number of hydrogen-bond acceptors (Lipinski definition) is 0. The van der Waals surface area contributed by atoms with Crippen LogP contribution in [-0.2, 0) is 0 Å². The van der Waals surface area contributed by atoms with Crippen molar-refractivity contribution in [2.75, 3.05) is 0 Å². The van der Waals surface area contributed by atoms with Crippen molar-refractivity contribution in [2.24, 2.45) is 0 Å². The van der Waals surface area contributed by atoms with Crippen molar-refractivity contribution in [2.45, 2.75) is 0 Å². The van der Waals surface area contributed by atoms with Gasteiger partial charge in [-0.25, -0.2) is 0 Å². The fourth-order valence-corrected chi connectivity index (χ4v) is 0.898. The van der Waals surface area contributed by atoms with Gasteiger partial charge in [-0.1, -0.05) is 36.4 Å². The quantitative estimate of drug-likeness (QED) is 0.651. The summed E-state index contributed by atoms with van der Waals surface area (Å²) in [5, 5.41) is 0. The molecule has 0 saturated heterocycles. The molecule has 42 valence electrons. The van der Waals surface area contributed by atoms with E-state index in [0.717, 1.165) is 0 Å². The van der Waals surface area contributed by atoms with Gasteiger partial charge in [-0.05, 0) is 11.1 Å². The minimum absolute atomic E-state index is 0. The molecule has 1 heteroatoms. The van der Waals surface area contributed by atoms with Crippen LogP contribution in [0.1, 0.15) is 11.1 Å². The molecule has 1 aromatic carbocycles. The average molecular weight is 309 g/mol. The Morgan fingerprint density at radius 2 is 1.22 bits per heavy atom. The van der Waals surface area contributed by atoms with Crippen LogP contribution in [0.15, 0.2) is 24.3 Å². The molecule has 1 aliphatic rings. The zero-order valence-electron chi connectivity index (χ0n) is 4.96. The molecule has 0 nitrogen and oxygen atoms in total. The predicted molar refractivity (Wildman–Crippen MR) is 41.1 cm³/mol. The first-order valence-electron chi connectivity index (χ1n) is 2.74. The summed E-state index contributed by atoms with van der Waals surface area (Å²) in [6.07, 6.45) is 4.24. The Labute approximate surface area is 74.7 Å². The van der Waals surface area contributed by atoms with E-state index in [1.165, 1.54) is 11.1 Å². The summed E-state index contributed by atoms with van der Waals surface area (Å²) in [6.45, 7) is 0. The molecule has 0 unspecified atom stereocenters. The molecule has 4 radical (unpaired) electrons. The van der Waals surface area contributed by atoms with Crippen LogP contribution in [0.2, 0.25) is 0 Å². The van der Waals surface area contributed by atoms with Gasteiger partial charge in [0.25, 0.3) is 0 Å². The van der Waals surface area contributed by atoms with E-state index in [4.69, 9.17) is 0 Å².